The van der Waals surface area contributed by atoms with Gasteiger partial charge in [0, 0.05) is 35.3 Å². The van der Waals surface area contributed by atoms with Crippen molar-refractivity contribution in [2.24, 2.45) is 7.05 Å². The van der Waals surface area contributed by atoms with Crippen LogP contribution >= 0.6 is 11.6 Å². The van der Waals surface area contributed by atoms with Crippen molar-refractivity contribution in [2.45, 2.75) is 27.2 Å². The lowest BCUT2D eigenvalue weighted by Crippen LogP contribution is -2.17. The monoisotopic (exact) mass is 369 g/mol. The maximum Gasteiger partial charge on any atom is 0.267 e. The molecular weight excluding hydrogens is 350 g/mol. The topological polar surface area (TPSA) is 67.8 Å². The van der Waals surface area contributed by atoms with E-state index in [9.17, 15) is 9.59 Å². The first-order chi connectivity index (χ1) is 12.3. The molecule has 0 atom stereocenters. The molecule has 6 heteroatoms. The molecule has 0 amide bonds. The summed E-state index contributed by atoms with van der Waals surface area (Å²) in [5.41, 5.74) is 5.27. The zero-order chi connectivity index (χ0) is 19.0. The minimum Gasteiger partial charge on any atom is -0.344 e. The fourth-order valence-electron chi connectivity index (χ4n) is 3.08. The van der Waals surface area contributed by atoms with E-state index in [0.29, 0.717) is 28.3 Å². The summed E-state index contributed by atoms with van der Waals surface area (Å²) >= 11 is 5.91. The standard InChI is InChI=1S/C20H20ClN3O2/c1-11-9-16(10-17-12(2)13(3)20(26)23-22-17)24(4)18(11)19(25)14-5-7-15(21)8-6-14/h5-9H,10H2,1-4H3,(H,23,26). The number of rotatable bonds is 4. The van der Waals surface area contributed by atoms with Crippen LogP contribution in [0.25, 0.3) is 0 Å². The number of aromatic amines is 1. The first kappa shape index (κ1) is 18.1. The normalized spacial score (nSPS) is 11.0. The van der Waals surface area contributed by atoms with Gasteiger partial charge in [-0.2, -0.15) is 5.10 Å². The fourth-order valence-corrected chi connectivity index (χ4v) is 3.20. The first-order valence-electron chi connectivity index (χ1n) is 8.29. The summed E-state index contributed by atoms with van der Waals surface area (Å²) in [6.45, 7) is 5.60. The van der Waals surface area contributed by atoms with E-state index in [4.69, 9.17) is 11.6 Å². The third kappa shape index (κ3) is 3.22. The van der Waals surface area contributed by atoms with Crippen molar-refractivity contribution in [2.75, 3.05) is 0 Å². The Balaban J connectivity index is 1.98. The Kier molecular flexibility index (Phi) is 4.83. The van der Waals surface area contributed by atoms with E-state index < -0.39 is 0 Å². The van der Waals surface area contributed by atoms with E-state index in [1.165, 1.54) is 0 Å². The van der Waals surface area contributed by atoms with Crippen LogP contribution in [0, 0.1) is 20.8 Å². The quantitative estimate of drug-likeness (QED) is 0.715. The first-order valence-corrected chi connectivity index (χ1v) is 8.67. The van der Waals surface area contributed by atoms with E-state index in [1.807, 2.05) is 31.5 Å². The molecule has 26 heavy (non-hydrogen) atoms. The second-order valence-electron chi connectivity index (χ2n) is 6.49. The Morgan fingerprint density at radius 1 is 1.15 bits per heavy atom. The van der Waals surface area contributed by atoms with Crippen LogP contribution in [-0.4, -0.2) is 20.5 Å². The van der Waals surface area contributed by atoms with Crippen LogP contribution in [0.4, 0.5) is 0 Å². The van der Waals surface area contributed by atoms with Crippen LogP contribution in [-0.2, 0) is 13.5 Å². The molecule has 0 aliphatic heterocycles. The molecule has 0 unspecified atom stereocenters. The zero-order valence-electron chi connectivity index (χ0n) is 15.2. The van der Waals surface area contributed by atoms with Gasteiger partial charge in [-0.25, -0.2) is 5.10 Å². The lowest BCUT2D eigenvalue weighted by Gasteiger charge is -2.10. The highest BCUT2D eigenvalue weighted by atomic mass is 35.5. The number of H-pyrrole nitrogens is 1. The van der Waals surface area contributed by atoms with Gasteiger partial charge in [0.2, 0.25) is 5.78 Å². The number of hydrogen-bond donors (Lipinski definition) is 1. The molecule has 2 heterocycles. The van der Waals surface area contributed by atoms with Gasteiger partial charge in [-0.05, 0) is 62.2 Å². The number of benzene rings is 1. The predicted molar refractivity (Wildman–Crippen MR) is 102 cm³/mol. The summed E-state index contributed by atoms with van der Waals surface area (Å²) in [5.74, 6) is -0.0461. The molecular formula is C20H20ClN3O2. The van der Waals surface area contributed by atoms with Crippen molar-refractivity contribution < 1.29 is 4.79 Å². The summed E-state index contributed by atoms with van der Waals surface area (Å²) in [6.07, 6.45) is 0.536. The predicted octanol–water partition coefficient (Wildman–Crippen LogP) is 3.51. The van der Waals surface area contributed by atoms with Crippen LogP contribution in [0.3, 0.4) is 0 Å². The molecule has 0 saturated carbocycles. The molecule has 0 radical (unpaired) electrons. The van der Waals surface area contributed by atoms with Crippen molar-refractivity contribution in [3.63, 3.8) is 0 Å². The number of ketones is 1. The summed E-state index contributed by atoms with van der Waals surface area (Å²) < 4.78 is 1.90. The average molecular weight is 370 g/mol. The zero-order valence-corrected chi connectivity index (χ0v) is 15.9. The van der Waals surface area contributed by atoms with Crippen molar-refractivity contribution >= 4 is 17.4 Å². The number of halogens is 1. The van der Waals surface area contributed by atoms with E-state index in [1.54, 1.807) is 31.2 Å². The highest BCUT2D eigenvalue weighted by molar-refractivity contribution is 6.30. The van der Waals surface area contributed by atoms with Gasteiger partial charge in [0.15, 0.2) is 0 Å². The number of carbonyl (C=O) groups excluding carboxylic acids is 1. The molecule has 5 nitrogen and oxygen atoms in total. The molecule has 3 aromatic rings. The SMILES string of the molecule is Cc1cc(Cc2n[nH]c(=O)c(C)c2C)n(C)c1C(=O)c1ccc(Cl)cc1. The Bertz CT molecular complexity index is 1050. The minimum atomic E-state index is -0.173. The summed E-state index contributed by atoms with van der Waals surface area (Å²) in [5, 5.41) is 7.30. The molecule has 0 spiro atoms. The van der Waals surface area contributed by atoms with Crippen LogP contribution in [0.2, 0.25) is 5.02 Å². The fraction of sp³-hybridized carbons (Fsp3) is 0.250. The van der Waals surface area contributed by atoms with Gasteiger partial charge >= 0.3 is 0 Å². The summed E-state index contributed by atoms with van der Waals surface area (Å²) in [4.78, 5) is 24.6. The summed E-state index contributed by atoms with van der Waals surface area (Å²) in [7, 11) is 1.87. The molecule has 0 aliphatic rings. The molecule has 3 rings (SSSR count). The van der Waals surface area contributed by atoms with Crippen molar-refractivity contribution in [3.8, 4) is 0 Å². The van der Waals surface area contributed by atoms with Crippen molar-refractivity contribution in [3.05, 3.63) is 85.0 Å². The Morgan fingerprint density at radius 2 is 1.81 bits per heavy atom. The molecule has 1 aromatic carbocycles. The van der Waals surface area contributed by atoms with Crippen LogP contribution < -0.4 is 5.56 Å². The number of nitrogens with one attached hydrogen (secondary N) is 1. The molecule has 0 fully saturated rings. The van der Waals surface area contributed by atoms with Gasteiger partial charge in [0.1, 0.15) is 0 Å². The number of aryl methyl sites for hydroxylation is 1. The number of aromatic nitrogens is 3. The Hall–Kier alpha value is -2.66. The largest absolute Gasteiger partial charge is 0.344 e. The highest BCUT2D eigenvalue weighted by Crippen LogP contribution is 2.22. The van der Waals surface area contributed by atoms with E-state index in [2.05, 4.69) is 10.2 Å². The molecule has 134 valence electrons. The maximum atomic E-state index is 12.9. The van der Waals surface area contributed by atoms with Crippen LogP contribution in [0.5, 0.6) is 0 Å². The van der Waals surface area contributed by atoms with E-state index >= 15 is 0 Å². The van der Waals surface area contributed by atoms with Gasteiger partial charge in [-0.1, -0.05) is 11.6 Å². The smallest absolute Gasteiger partial charge is 0.267 e. The van der Waals surface area contributed by atoms with Crippen molar-refractivity contribution in [1.29, 1.82) is 0 Å². The van der Waals surface area contributed by atoms with Gasteiger partial charge in [0.05, 0.1) is 11.4 Å². The Labute approximate surface area is 156 Å². The minimum absolute atomic E-state index is 0.0461. The number of hydrogen-bond acceptors (Lipinski definition) is 3. The van der Waals surface area contributed by atoms with E-state index in [0.717, 1.165) is 22.5 Å². The third-order valence-corrected chi connectivity index (χ3v) is 5.07. The lowest BCUT2D eigenvalue weighted by atomic mass is 10.1. The van der Waals surface area contributed by atoms with Gasteiger partial charge in [-0.3, -0.25) is 9.59 Å². The van der Waals surface area contributed by atoms with Crippen molar-refractivity contribution in [1.82, 2.24) is 14.8 Å². The molecule has 0 saturated heterocycles. The van der Waals surface area contributed by atoms with Gasteiger partial charge in [0.25, 0.3) is 5.56 Å². The second-order valence-corrected chi connectivity index (χ2v) is 6.92. The van der Waals surface area contributed by atoms with Crippen LogP contribution in [0.15, 0.2) is 35.1 Å². The van der Waals surface area contributed by atoms with Crippen LogP contribution in [0.1, 0.15) is 44.1 Å². The van der Waals surface area contributed by atoms with Gasteiger partial charge < -0.3 is 4.57 Å². The molecule has 2 aromatic heterocycles. The van der Waals surface area contributed by atoms with Gasteiger partial charge in [-0.15, -0.1) is 0 Å². The summed E-state index contributed by atoms with van der Waals surface area (Å²) in [6, 6.07) is 8.88. The number of carbonyl (C=O) groups is 1. The number of nitrogens with zero attached hydrogens (tertiary/aromatic N) is 2. The highest BCUT2D eigenvalue weighted by Gasteiger charge is 2.19. The molecule has 0 aliphatic carbocycles. The molecule has 0 bridgehead atoms. The lowest BCUT2D eigenvalue weighted by molar-refractivity contribution is 0.103. The Morgan fingerprint density at radius 3 is 2.46 bits per heavy atom. The average Bonchev–Trinajstić information content (AvgIpc) is 2.89. The second kappa shape index (κ2) is 6.92. The molecule has 1 N–H and O–H groups in total. The maximum absolute atomic E-state index is 12.9. The van der Waals surface area contributed by atoms with E-state index in [-0.39, 0.29) is 11.3 Å². The third-order valence-electron chi connectivity index (χ3n) is 4.82.